The molecule has 1 saturated carbocycles. The fourth-order valence-electron chi connectivity index (χ4n) is 2.82. The summed E-state index contributed by atoms with van der Waals surface area (Å²) in [6.45, 7) is 0.284. The number of halogens is 2. The molecule has 0 unspecified atom stereocenters. The molecule has 1 aromatic carbocycles. The molecule has 2 aromatic rings. The normalized spacial score (nSPS) is 23.9. The van der Waals surface area contributed by atoms with Crippen LogP contribution in [-0.4, -0.2) is 21.5 Å². The maximum atomic E-state index is 13.5. The minimum Gasteiger partial charge on any atom is -0.396 e. The Hall–Kier alpha value is -0.940. The molecule has 0 bridgehead atoms. The van der Waals surface area contributed by atoms with Crippen molar-refractivity contribution < 1.29 is 9.50 Å². The van der Waals surface area contributed by atoms with Crippen LogP contribution < -0.4 is 0 Å². The second-order valence-corrected chi connectivity index (χ2v) is 6.15. The molecule has 1 aromatic heterocycles. The first-order valence-electron chi connectivity index (χ1n) is 6.62. The fraction of sp³-hybridized carbons (Fsp3) is 0.500. The predicted molar refractivity (Wildman–Crippen MR) is 75.5 cm³/mol. The first kappa shape index (κ1) is 13.1. The van der Waals surface area contributed by atoms with Crippen molar-refractivity contribution >= 4 is 26.8 Å². The van der Waals surface area contributed by atoms with E-state index >= 15 is 0 Å². The quantitative estimate of drug-likeness (QED) is 0.914. The third kappa shape index (κ3) is 2.54. The highest BCUT2D eigenvalue weighted by molar-refractivity contribution is 9.10. The molecule has 5 heteroatoms. The summed E-state index contributed by atoms with van der Waals surface area (Å²) in [7, 11) is 0. The Kier molecular flexibility index (Phi) is 3.58. The number of benzene rings is 1. The van der Waals surface area contributed by atoms with Crippen LogP contribution in [0.15, 0.2) is 22.8 Å². The zero-order valence-corrected chi connectivity index (χ0v) is 12.1. The Morgan fingerprint density at radius 3 is 2.74 bits per heavy atom. The van der Waals surface area contributed by atoms with Crippen LogP contribution in [0.2, 0.25) is 0 Å². The number of hydrogen-bond donors (Lipinski definition) is 1. The number of fused-ring (bicyclic) bond motifs is 1. The summed E-state index contributed by atoms with van der Waals surface area (Å²) in [5.74, 6) is 0.162. The molecule has 1 heterocycles. The van der Waals surface area contributed by atoms with Gasteiger partial charge >= 0.3 is 0 Å². The van der Waals surface area contributed by atoms with Crippen LogP contribution in [-0.2, 0) is 0 Å². The standard InChI is InChI=1S/C14H16BrFN2O/c15-12-5-10-7-18(17-14(10)6-13(12)16)11-3-1-9(8-19)2-4-11/h5-7,9,11,19H,1-4,8H2/t9-,11-. The minimum atomic E-state index is -0.276. The Labute approximate surface area is 119 Å². The number of nitrogens with zero attached hydrogens (tertiary/aromatic N) is 2. The Morgan fingerprint density at radius 2 is 2.05 bits per heavy atom. The Bertz CT molecular complexity index is 551. The van der Waals surface area contributed by atoms with E-state index in [2.05, 4.69) is 21.0 Å². The molecule has 0 atom stereocenters. The van der Waals surface area contributed by atoms with Crippen molar-refractivity contribution in [2.24, 2.45) is 5.92 Å². The summed E-state index contributed by atoms with van der Waals surface area (Å²) in [4.78, 5) is 0. The van der Waals surface area contributed by atoms with Crippen molar-refractivity contribution in [2.45, 2.75) is 31.7 Å². The van der Waals surface area contributed by atoms with Crippen molar-refractivity contribution in [1.82, 2.24) is 9.78 Å². The summed E-state index contributed by atoms with van der Waals surface area (Å²) in [5, 5.41) is 14.6. The average Bonchev–Trinajstić information content (AvgIpc) is 2.82. The van der Waals surface area contributed by atoms with Crippen LogP contribution in [0.4, 0.5) is 4.39 Å². The van der Waals surface area contributed by atoms with Gasteiger partial charge in [0.15, 0.2) is 0 Å². The molecule has 0 amide bonds. The maximum Gasteiger partial charge on any atom is 0.139 e. The molecule has 1 fully saturated rings. The molecule has 3 rings (SSSR count). The molecule has 0 aliphatic heterocycles. The third-order valence-corrected chi connectivity index (χ3v) is 4.62. The van der Waals surface area contributed by atoms with Gasteiger partial charge in [-0.05, 0) is 53.6 Å². The molecule has 1 aliphatic carbocycles. The summed E-state index contributed by atoms with van der Waals surface area (Å²) >= 11 is 3.20. The molecule has 1 N–H and O–H groups in total. The lowest BCUT2D eigenvalue weighted by Gasteiger charge is -2.27. The van der Waals surface area contributed by atoms with Crippen molar-refractivity contribution in [2.75, 3.05) is 6.61 Å². The highest BCUT2D eigenvalue weighted by Crippen LogP contribution is 2.33. The van der Waals surface area contributed by atoms with Gasteiger partial charge in [0.1, 0.15) is 5.82 Å². The summed E-state index contributed by atoms with van der Waals surface area (Å²) in [6.07, 6.45) is 6.13. The van der Waals surface area contributed by atoms with Gasteiger partial charge in [-0.25, -0.2) is 4.39 Å². The second-order valence-electron chi connectivity index (χ2n) is 5.29. The van der Waals surface area contributed by atoms with Gasteiger partial charge in [-0.3, -0.25) is 4.68 Å². The number of aliphatic hydroxyl groups excluding tert-OH is 1. The van der Waals surface area contributed by atoms with E-state index in [9.17, 15) is 4.39 Å². The van der Waals surface area contributed by atoms with E-state index in [1.54, 1.807) is 6.07 Å². The van der Waals surface area contributed by atoms with Gasteiger partial charge in [0.05, 0.1) is 16.0 Å². The largest absolute Gasteiger partial charge is 0.396 e. The highest BCUT2D eigenvalue weighted by Gasteiger charge is 2.22. The summed E-state index contributed by atoms with van der Waals surface area (Å²) < 4.78 is 15.9. The first-order valence-corrected chi connectivity index (χ1v) is 7.41. The highest BCUT2D eigenvalue weighted by atomic mass is 79.9. The number of aliphatic hydroxyl groups is 1. The Balaban J connectivity index is 1.86. The molecule has 0 saturated heterocycles. The fourth-order valence-corrected chi connectivity index (χ4v) is 3.18. The van der Waals surface area contributed by atoms with E-state index in [0.29, 0.717) is 21.9 Å². The molecule has 3 nitrogen and oxygen atoms in total. The smallest absolute Gasteiger partial charge is 0.139 e. The van der Waals surface area contributed by atoms with Crippen molar-refractivity contribution in [3.05, 3.63) is 28.6 Å². The van der Waals surface area contributed by atoms with Crippen LogP contribution in [0, 0.1) is 11.7 Å². The van der Waals surface area contributed by atoms with Gasteiger partial charge in [-0.1, -0.05) is 0 Å². The van der Waals surface area contributed by atoms with Gasteiger partial charge in [0.25, 0.3) is 0 Å². The Morgan fingerprint density at radius 1 is 1.32 bits per heavy atom. The lowest BCUT2D eigenvalue weighted by molar-refractivity contribution is 0.165. The van der Waals surface area contributed by atoms with Gasteiger partial charge in [0.2, 0.25) is 0 Å². The molecule has 1 aliphatic rings. The van der Waals surface area contributed by atoms with Gasteiger partial charge in [-0.2, -0.15) is 5.10 Å². The number of rotatable bonds is 2. The molecular weight excluding hydrogens is 311 g/mol. The summed E-state index contributed by atoms with van der Waals surface area (Å²) in [6, 6.07) is 3.61. The monoisotopic (exact) mass is 326 g/mol. The molecule has 102 valence electrons. The maximum absolute atomic E-state index is 13.5. The van der Waals surface area contributed by atoms with Crippen molar-refractivity contribution in [3.8, 4) is 0 Å². The number of aromatic nitrogens is 2. The van der Waals surface area contributed by atoms with Gasteiger partial charge in [-0.15, -0.1) is 0 Å². The minimum absolute atomic E-state index is 0.276. The summed E-state index contributed by atoms with van der Waals surface area (Å²) in [5.41, 5.74) is 0.699. The molecule has 0 spiro atoms. The SMILES string of the molecule is OC[C@H]1CC[C@H](n2cc3cc(Br)c(F)cc3n2)CC1. The van der Waals surface area contributed by atoms with Crippen LogP contribution in [0.5, 0.6) is 0 Å². The van der Waals surface area contributed by atoms with E-state index in [0.717, 1.165) is 31.1 Å². The number of hydrogen-bond acceptors (Lipinski definition) is 2. The zero-order chi connectivity index (χ0) is 13.4. The lowest BCUT2D eigenvalue weighted by atomic mass is 9.87. The van der Waals surface area contributed by atoms with E-state index in [1.807, 2.05) is 10.9 Å². The topological polar surface area (TPSA) is 38.0 Å². The average molecular weight is 327 g/mol. The third-order valence-electron chi connectivity index (χ3n) is 4.01. The van der Waals surface area contributed by atoms with Gasteiger partial charge < -0.3 is 5.11 Å². The predicted octanol–water partition coefficient (Wildman–Crippen LogP) is 3.66. The first-order chi connectivity index (χ1) is 9.17. The van der Waals surface area contributed by atoms with E-state index in [4.69, 9.17) is 5.11 Å². The second kappa shape index (κ2) is 5.21. The van der Waals surface area contributed by atoms with Crippen molar-refractivity contribution in [1.29, 1.82) is 0 Å². The molecule has 19 heavy (non-hydrogen) atoms. The van der Waals surface area contributed by atoms with Crippen LogP contribution in [0.3, 0.4) is 0 Å². The van der Waals surface area contributed by atoms with Gasteiger partial charge in [0, 0.05) is 24.3 Å². The van der Waals surface area contributed by atoms with Crippen molar-refractivity contribution in [3.63, 3.8) is 0 Å². The molecular formula is C14H16BrFN2O. The van der Waals surface area contributed by atoms with E-state index < -0.39 is 0 Å². The zero-order valence-electron chi connectivity index (χ0n) is 10.5. The van der Waals surface area contributed by atoms with E-state index in [-0.39, 0.29) is 12.4 Å². The van der Waals surface area contributed by atoms with Crippen LogP contribution in [0.25, 0.3) is 10.9 Å². The lowest BCUT2D eigenvalue weighted by Crippen LogP contribution is -2.20. The molecule has 0 radical (unpaired) electrons. The van der Waals surface area contributed by atoms with Crippen LogP contribution in [0.1, 0.15) is 31.7 Å². The van der Waals surface area contributed by atoms with E-state index in [1.165, 1.54) is 6.07 Å². The van der Waals surface area contributed by atoms with Crippen LogP contribution >= 0.6 is 15.9 Å².